The first-order valence-corrected chi connectivity index (χ1v) is 11.4. The molecule has 1 aliphatic carbocycles. The standard InChI is InChI=1S/C28H34O7/c1-10-15(2)28(29)35-27-23-19(14-21(31-6)25(27)33-8)12-17(4)16(3)11-18-13-20(30-5)24(32-7)26(34-9)22(18)23/h10-11,13-14,17H,12H2,1-9H3/b15-10-,16-11-/t17-/m1/s1. The second kappa shape index (κ2) is 10.8. The van der Waals surface area contributed by atoms with Crippen molar-refractivity contribution in [3.63, 3.8) is 0 Å². The number of benzene rings is 2. The summed E-state index contributed by atoms with van der Waals surface area (Å²) in [6.07, 6.45) is 4.49. The molecular weight excluding hydrogens is 448 g/mol. The molecular formula is C28H34O7. The van der Waals surface area contributed by atoms with Gasteiger partial charge >= 0.3 is 5.97 Å². The van der Waals surface area contributed by atoms with Crippen molar-refractivity contribution in [2.24, 2.45) is 5.92 Å². The maximum atomic E-state index is 13.0. The van der Waals surface area contributed by atoms with Crippen LogP contribution in [-0.4, -0.2) is 41.5 Å². The smallest absolute Gasteiger partial charge is 0.338 e. The summed E-state index contributed by atoms with van der Waals surface area (Å²) in [6.45, 7) is 7.74. The monoisotopic (exact) mass is 482 g/mol. The van der Waals surface area contributed by atoms with Crippen molar-refractivity contribution >= 4 is 12.0 Å². The van der Waals surface area contributed by atoms with Gasteiger partial charge < -0.3 is 28.4 Å². The normalized spacial score (nSPS) is 16.5. The van der Waals surface area contributed by atoms with Crippen molar-refractivity contribution in [3.05, 3.63) is 40.5 Å². The predicted molar refractivity (Wildman–Crippen MR) is 136 cm³/mol. The van der Waals surface area contributed by atoms with Crippen molar-refractivity contribution in [1.82, 2.24) is 0 Å². The summed E-state index contributed by atoms with van der Waals surface area (Å²) in [7, 11) is 7.80. The first-order chi connectivity index (χ1) is 16.8. The van der Waals surface area contributed by atoms with Crippen LogP contribution in [0.1, 0.15) is 38.8 Å². The summed E-state index contributed by atoms with van der Waals surface area (Å²) >= 11 is 0. The first kappa shape index (κ1) is 26.0. The van der Waals surface area contributed by atoms with E-state index in [4.69, 9.17) is 28.4 Å². The van der Waals surface area contributed by atoms with Crippen LogP contribution in [0.4, 0.5) is 0 Å². The lowest BCUT2D eigenvalue weighted by Crippen LogP contribution is -2.14. The van der Waals surface area contributed by atoms with Crippen molar-refractivity contribution in [2.75, 3.05) is 35.5 Å². The Bertz CT molecular complexity index is 1190. The molecule has 0 amide bonds. The molecule has 0 bridgehead atoms. The van der Waals surface area contributed by atoms with Gasteiger partial charge in [-0.25, -0.2) is 4.79 Å². The van der Waals surface area contributed by atoms with Crippen molar-refractivity contribution in [2.45, 2.75) is 34.1 Å². The Balaban J connectivity index is 2.56. The Kier molecular flexibility index (Phi) is 7.99. The van der Waals surface area contributed by atoms with Gasteiger partial charge in [-0.2, -0.15) is 0 Å². The molecule has 0 aliphatic heterocycles. The van der Waals surface area contributed by atoms with Crippen molar-refractivity contribution in [3.8, 4) is 45.6 Å². The number of carbonyl (C=O) groups is 1. The maximum Gasteiger partial charge on any atom is 0.338 e. The zero-order chi connectivity index (χ0) is 25.9. The number of ether oxygens (including phenoxy) is 6. The third-order valence-electron chi connectivity index (χ3n) is 6.45. The topological polar surface area (TPSA) is 72.5 Å². The highest BCUT2D eigenvalue weighted by Crippen LogP contribution is 2.55. The van der Waals surface area contributed by atoms with Crippen LogP contribution in [0.5, 0.6) is 34.5 Å². The molecule has 0 unspecified atom stereocenters. The van der Waals surface area contributed by atoms with Crippen LogP contribution in [-0.2, 0) is 11.2 Å². The zero-order valence-corrected chi connectivity index (χ0v) is 22.0. The van der Waals surface area contributed by atoms with E-state index >= 15 is 0 Å². The number of methoxy groups -OCH3 is 5. The molecule has 0 saturated carbocycles. The fraction of sp³-hybridized carbons (Fsp3) is 0.393. The van der Waals surface area contributed by atoms with E-state index in [2.05, 4.69) is 19.9 Å². The molecule has 1 atom stereocenters. The fourth-order valence-electron chi connectivity index (χ4n) is 4.26. The summed E-state index contributed by atoms with van der Waals surface area (Å²) in [5.74, 6) is 2.22. The number of hydrogen-bond acceptors (Lipinski definition) is 7. The van der Waals surface area contributed by atoms with E-state index in [1.165, 1.54) is 12.7 Å². The molecule has 0 heterocycles. The van der Waals surface area contributed by atoms with Gasteiger partial charge in [0.2, 0.25) is 11.5 Å². The molecule has 35 heavy (non-hydrogen) atoms. The van der Waals surface area contributed by atoms with Gasteiger partial charge in [0.25, 0.3) is 0 Å². The molecule has 0 saturated heterocycles. The molecule has 2 aromatic rings. The third-order valence-corrected chi connectivity index (χ3v) is 6.45. The van der Waals surface area contributed by atoms with E-state index in [1.807, 2.05) is 12.1 Å². The SMILES string of the molecule is C/C=C(/C)C(=O)Oc1c(OC)c(OC)cc2c1-c1c(cc(OC)c(OC)c1OC)/C=C(/C)[C@H](C)C2. The zero-order valence-electron chi connectivity index (χ0n) is 22.0. The summed E-state index contributed by atoms with van der Waals surface area (Å²) in [5, 5.41) is 0. The third kappa shape index (κ3) is 4.67. The largest absolute Gasteiger partial charge is 0.493 e. The second-order valence-corrected chi connectivity index (χ2v) is 8.44. The van der Waals surface area contributed by atoms with Crippen LogP contribution >= 0.6 is 0 Å². The maximum absolute atomic E-state index is 13.0. The van der Waals surface area contributed by atoms with Gasteiger partial charge in [-0.05, 0) is 56.4 Å². The average molecular weight is 483 g/mol. The lowest BCUT2D eigenvalue weighted by molar-refractivity contribution is -0.130. The van der Waals surface area contributed by atoms with Crippen molar-refractivity contribution < 1.29 is 33.2 Å². The lowest BCUT2D eigenvalue weighted by atomic mass is 9.82. The van der Waals surface area contributed by atoms with Gasteiger partial charge in [0.1, 0.15) is 0 Å². The van der Waals surface area contributed by atoms with E-state index in [0.29, 0.717) is 51.9 Å². The van der Waals surface area contributed by atoms with Crippen LogP contribution in [0.3, 0.4) is 0 Å². The molecule has 7 heteroatoms. The number of allylic oxidation sites excluding steroid dienone is 2. The Morgan fingerprint density at radius 1 is 0.857 bits per heavy atom. The highest BCUT2D eigenvalue weighted by atomic mass is 16.6. The summed E-state index contributed by atoms with van der Waals surface area (Å²) in [4.78, 5) is 13.0. The molecule has 0 fully saturated rings. The Morgan fingerprint density at radius 2 is 1.43 bits per heavy atom. The molecule has 0 aromatic heterocycles. The van der Waals surface area contributed by atoms with E-state index in [-0.39, 0.29) is 11.7 Å². The van der Waals surface area contributed by atoms with Crippen LogP contribution in [0, 0.1) is 5.92 Å². The lowest BCUT2D eigenvalue weighted by Gasteiger charge is -2.27. The van der Waals surface area contributed by atoms with Crippen LogP contribution in [0.2, 0.25) is 0 Å². The minimum absolute atomic E-state index is 0.208. The highest BCUT2D eigenvalue weighted by Gasteiger charge is 2.32. The number of esters is 1. The van der Waals surface area contributed by atoms with Gasteiger partial charge in [0, 0.05) is 16.7 Å². The van der Waals surface area contributed by atoms with Crippen LogP contribution in [0.15, 0.2) is 29.4 Å². The van der Waals surface area contributed by atoms with Gasteiger partial charge in [-0.15, -0.1) is 0 Å². The quantitative estimate of drug-likeness (QED) is 0.278. The van der Waals surface area contributed by atoms with E-state index < -0.39 is 5.97 Å². The minimum atomic E-state index is -0.482. The fourth-order valence-corrected chi connectivity index (χ4v) is 4.26. The van der Waals surface area contributed by atoms with Gasteiger partial charge in [0.05, 0.1) is 35.5 Å². The summed E-state index contributed by atoms with van der Waals surface area (Å²) < 4.78 is 34.6. The summed E-state index contributed by atoms with van der Waals surface area (Å²) in [5.41, 5.74) is 4.83. The predicted octanol–water partition coefficient (Wildman–Crippen LogP) is 5.86. The first-order valence-electron chi connectivity index (χ1n) is 11.4. The Labute approximate surface area is 207 Å². The van der Waals surface area contributed by atoms with E-state index in [1.54, 1.807) is 48.4 Å². The molecule has 3 rings (SSSR count). The Hall–Kier alpha value is -3.61. The molecule has 0 N–H and O–H groups in total. The van der Waals surface area contributed by atoms with Crippen molar-refractivity contribution in [1.29, 1.82) is 0 Å². The molecule has 2 aromatic carbocycles. The molecule has 7 nitrogen and oxygen atoms in total. The average Bonchev–Trinajstić information content (AvgIpc) is 2.86. The number of carbonyl (C=O) groups excluding carboxylic acids is 1. The Morgan fingerprint density at radius 3 is 1.97 bits per heavy atom. The molecule has 188 valence electrons. The van der Waals surface area contributed by atoms with E-state index in [9.17, 15) is 4.79 Å². The van der Waals surface area contributed by atoms with Gasteiger partial charge in [0.15, 0.2) is 23.0 Å². The van der Waals surface area contributed by atoms with Gasteiger partial charge in [-0.3, -0.25) is 0 Å². The molecule has 0 radical (unpaired) electrons. The summed E-state index contributed by atoms with van der Waals surface area (Å²) in [6, 6.07) is 3.84. The van der Waals surface area contributed by atoms with Crippen LogP contribution in [0.25, 0.3) is 17.2 Å². The number of fused-ring (bicyclic) bond motifs is 3. The molecule has 1 aliphatic rings. The minimum Gasteiger partial charge on any atom is -0.493 e. The number of rotatable bonds is 7. The molecule has 0 spiro atoms. The highest BCUT2D eigenvalue weighted by molar-refractivity contribution is 5.96. The number of hydrogen-bond donors (Lipinski definition) is 0. The van der Waals surface area contributed by atoms with E-state index in [0.717, 1.165) is 11.1 Å². The second-order valence-electron chi connectivity index (χ2n) is 8.44. The van der Waals surface area contributed by atoms with Crippen LogP contribution < -0.4 is 28.4 Å². The van der Waals surface area contributed by atoms with Gasteiger partial charge in [-0.1, -0.05) is 24.6 Å².